The summed E-state index contributed by atoms with van der Waals surface area (Å²) in [5.41, 5.74) is 6.79. The molecule has 0 aliphatic carbocycles. The van der Waals surface area contributed by atoms with Crippen molar-refractivity contribution in [3.63, 3.8) is 0 Å². The number of carbonyl (C=O) groups excluding carboxylic acids is 1. The smallest absolute Gasteiger partial charge is 0.234 e. The molecule has 0 aromatic heterocycles. The first kappa shape index (κ1) is 14.7. The summed E-state index contributed by atoms with van der Waals surface area (Å²) in [7, 11) is 0. The molecule has 0 aliphatic rings. The van der Waals surface area contributed by atoms with E-state index in [-0.39, 0.29) is 5.91 Å². The van der Waals surface area contributed by atoms with E-state index in [1.165, 1.54) is 5.56 Å². The van der Waals surface area contributed by atoms with Crippen LogP contribution in [0.3, 0.4) is 0 Å². The largest absolute Gasteiger partial charge is 0.355 e. The molecule has 0 atom stereocenters. The van der Waals surface area contributed by atoms with Crippen molar-refractivity contribution in [2.45, 2.75) is 19.9 Å². The van der Waals surface area contributed by atoms with Crippen molar-refractivity contribution >= 4 is 5.91 Å². The number of carbonyl (C=O) groups is 1. The minimum Gasteiger partial charge on any atom is -0.355 e. The maximum Gasteiger partial charge on any atom is 0.234 e. The number of amides is 1. The van der Waals surface area contributed by atoms with Crippen LogP contribution in [-0.4, -0.2) is 37.0 Å². The predicted octanol–water partition coefficient (Wildman–Crippen LogP) is 0.974. The molecule has 0 spiro atoms. The summed E-state index contributed by atoms with van der Waals surface area (Å²) in [4.78, 5) is 13.8. The van der Waals surface area contributed by atoms with Crippen molar-refractivity contribution < 1.29 is 4.79 Å². The summed E-state index contributed by atoms with van der Waals surface area (Å²) < 4.78 is 0. The van der Waals surface area contributed by atoms with Crippen LogP contribution in [0.15, 0.2) is 30.3 Å². The fourth-order valence-electron chi connectivity index (χ4n) is 1.76. The van der Waals surface area contributed by atoms with Crippen molar-refractivity contribution in [2.75, 3.05) is 26.2 Å². The van der Waals surface area contributed by atoms with Gasteiger partial charge in [-0.25, -0.2) is 0 Å². The average Bonchev–Trinajstić information content (AvgIpc) is 2.38. The highest BCUT2D eigenvalue weighted by Crippen LogP contribution is 2.03. The molecule has 100 valence electrons. The summed E-state index contributed by atoms with van der Waals surface area (Å²) in [6.45, 7) is 5.24. The van der Waals surface area contributed by atoms with Gasteiger partial charge in [0.15, 0.2) is 0 Å². The molecule has 0 heterocycles. The summed E-state index contributed by atoms with van der Waals surface area (Å²) in [5.74, 6) is 0.0706. The highest BCUT2D eigenvalue weighted by Gasteiger charge is 2.09. The first-order valence-electron chi connectivity index (χ1n) is 6.49. The van der Waals surface area contributed by atoms with E-state index in [2.05, 4.69) is 22.3 Å². The van der Waals surface area contributed by atoms with E-state index in [1.807, 2.05) is 25.1 Å². The fraction of sp³-hybridized carbons (Fsp3) is 0.500. The van der Waals surface area contributed by atoms with Gasteiger partial charge in [-0.2, -0.15) is 0 Å². The molecule has 0 aliphatic heterocycles. The number of benzene rings is 1. The van der Waals surface area contributed by atoms with Gasteiger partial charge in [0.25, 0.3) is 0 Å². The second-order valence-corrected chi connectivity index (χ2v) is 4.33. The molecular weight excluding hydrogens is 226 g/mol. The molecule has 1 aromatic carbocycles. The Bertz CT molecular complexity index is 340. The van der Waals surface area contributed by atoms with Crippen LogP contribution < -0.4 is 11.1 Å². The zero-order valence-electron chi connectivity index (χ0n) is 11.1. The predicted molar refractivity (Wildman–Crippen MR) is 74.1 cm³/mol. The lowest BCUT2D eigenvalue weighted by Crippen LogP contribution is -2.39. The zero-order valence-corrected chi connectivity index (χ0v) is 11.1. The van der Waals surface area contributed by atoms with Crippen LogP contribution in [-0.2, 0) is 11.3 Å². The SMILES string of the molecule is CCCNC(=O)CN(CCN)Cc1ccccc1. The standard InChI is InChI=1S/C14H23N3O/c1-2-9-16-14(18)12-17(10-8-15)11-13-6-4-3-5-7-13/h3-7H,2,8-12,15H2,1H3,(H,16,18). The van der Waals surface area contributed by atoms with Crippen molar-refractivity contribution in [1.82, 2.24) is 10.2 Å². The second kappa shape index (κ2) is 8.66. The molecule has 0 fully saturated rings. The third kappa shape index (κ3) is 5.80. The molecule has 0 unspecified atom stereocenters. The number of nitrogens with one attached hydrogen (secondary N) is 1. The number of hydrogen-bond acceptors (Lipinski definition) is 3. The van der Waals surface area contributed by atoms with Crippen LogP contribution in [0.5, 0.6) is 0 Å². The molecule has 3 N–H and O–H groups in total. The van der Waals surface area contributed by atoms with Crippen molar-refractivity contribution in [2.24, 2.45) is 5.73 Å². The van der Waals surface area contributed by atoms with Gasteiger partial charge in [0, 0.05) is 26.2 Å². The minimum absolute atomic E-state index is 0.0706. The first-order chi connectivity index (χ1) is 8.76. The lowest BCUT2D eigenvalue weighted by molar-refractivity contribution is -0.122. The molecule has 18 heavy (non-hydrogen) atoms. The van der Waals surface area contributed by atoms with Gasteiger partial charge in [0.1, 0.15) is 0 Å². The monoisotopic (exact) mass is 249 g/mol. The molecule has 0 bridgehead atoms. The molecule has 4 heteroatoms. The lowest BCUT2D eigenvalue weighted by Gasteiger charge is -2.21. The van der Waals surface area contributed by atoms with Crippen LogP contribution >= 0.6 is 0 Å². The molecule has 0 saturated carbocycles. The number of nitrogens with two attached hydrogens (primary N) is 1. The third-order valence-corrected chi connectivity index (χ3v) is 2.63. The van der Waals surface area contributed by atoms with Crippen LogP contribution in [0.25, 0.3) is 0 Å². The molecule has 1 aromatic rings. The number of rotatable bonds is 8. The number of hydrogen-bond donors (Lipinski definition) is 2. The van der Waals surface area contributed by atoms with Crippen LogP contribution in [0.2, 0.25) is 0 Å². The van der Waals surface area contributed by atoms with E-state index in [0.717, 1.165) is 26.1 Å². The lowest BCUT2D eigenvalue weighted by atomic mass is 10.2. The van der Waals surface area contributed by atoms with Crippen LogP contribution in [0.4, 0.5) is 0 Å². The van der Waals surface area contributed by atoms with Gasteiger partial charge in [0.2, 0.25) is 5.91 Å². The Labute approximate surface area is 109 Å². The van der Waals surface area contributed by atoms with Gasteiger partial charge >= 0.3 is 0 Å². The first-order valence-corrected chi connectivity index (χ1v) is 6.49. The normalized spacial score (nSPS) is 10.6. The Morgan fingerprint density at radius 1 is 1.33 bits per heavy atom. The summed E-state index contributed by atoms with van der Waals surface area (Å²) >= 11 is 0. The maximum absolute atomic E-state index is 11.7. The molecular formula is C14H23N3O. The van der Waals surface area contributed by atoms with Gasteiger partial charge in [0.05, 0.1) is 6.54 Å². The van der Waals surface area contributed by atoms with Crippen LogP contribution in [0.1, 0.15) is 18.9 Å². The van der Waals surface area contributed by atoms with Crippen molar-refractivity contribution in [3.05, 3.63) is 35.9 Å². The molecule has 1 rings (SSSR count). The summed E-state index contributed by atoms with van der Waals surface area (Å²) in [6.07, 6.45) is 0.960. The third-order valence-electron chi connectivity index (χ3n) is 2.63. The summed E-state index contributed by atoms with van der Waals surface area (Å²) in [6, 6.07) is 10.1. The van der Waals surface area contributed by atoms with E-state index >= 15 is 0 Å². The van der Waals surface area contributed by atoms with E-state index in [4.69, 9.17) is 5.73 Å². The van der Waals surface area contributed by atoms with Crippen LogP contribution in [0, 0.1) is 0 Å². The van der Waals surface area contributed by atoms with Crippen molar-refractivity contribution in [1.29, 1.82) is 0 Å². The van der Waals surface area contributed by atoms with E-state index in [0.29, 0.717) is 13.1 Å². The fourth-order valence-corrected chi connectivity index (χ4v) is 1.76. The topological polar surface area (TPSA) is 58.4 Å². The van der Waals surface area contributed by atoms with Gasteiger partial charge in [-0.05, 0) is 12.0 Å². The van der Waals surface area contributed by atoms with Gasteiger partial charge in [-0.15, -0.1) is 0 Å². The number of nitrogens with zero attached hydrogens (tertiary/aromatic N) is 1. The Kier molecular flexibility index (Phi) is 7.06. The quantitative estimate of drug-likeness (QED) is 0.722. The molecule has 0 saturated heterocycles. The van der Waals surface area contributed by atoms with Crippen molar-refractivity contribution in [3.8, 4) is 0 Å². The minimum atomic E-state index is 0.0706. The van der Waals surface area contributed by atoms with Gasteiger partial charge in [-0.1, -0.05) is 37.3 Å². The summed E-state index contributed by atoms with van der Waals surface area (Å²) in [5, 5.41) is 2.89. The van der Waals surface area contributed by atoms with Gasteiger partial charge < -0.3 is 11.1 Å². The Hall–Kier alpha value is -1.39. The highest BCUT2D eigenvalue weighted by atomic mass is 16.2. The molecule has 4 nitrogen and oxygen atoms in total. The Morgan fingerprint density at radius 3 is 2.67 bits per heavy atom. The Balaban J connectivity index is 2.46. The average molecular weight is 249 g/mol. The van der Waals surface area contributed by atoms with Gasteiger partial charge in [-0.3, -0.25) is 9.69 Å². The van der Waals surface area contributed by atoms with E-state index < -0.39 is 0 Å². The molecule has 0 radical (unpaired) electrons. The van der Waals surface area contributed by atoms with E-state index in [9.17, 15) is 4.79 Å². The van der Waals surface area contributed by atoms with E-state index in [1.54, 1.807) is 0 Å². The maximum atomic E-state index is 11.7. The second-order valence-electron chi connectivity index (χ2n) is 4.33. The molecule has 1 amide bonds. The zero-order chi connectivity index (χ0) is 13.2. The highest BCUT2D eigenvalue weighted by molar-refractivity contribution is 5.77. The Morgan fingerprint density at radius 2 is 2.06 bits per heavy atom.